The molecule has 0 fully saturated rings. The highest BCUT2D eigenvalue weighted by molar-refractivity contribution is 9.10. The van der Waals surface area contributed by atoms with Crippen LogP contribution in [-0.2, 0) is 14.8 Å². The van der Waals surface area contributed by atoms with Crippen LogP contribution in [0.5, 0.6) is 0 Å². The van der Waals surface area contributed by atoms with Crippen LogP contribution in [0.1, 0.15) is 22.7 Å². The molecule has 33 heavy (non-hydrogen) atoms. The van der Waals surface area contributed by atoms with Crippen LogP contribution in [0.4, 0.5) is 11.4 Å². The van der Waals surface area contributed by atoms with Gasteiger partial charge >= 0.3 is 0 Å². The number of benzene rings is 3. The third-order valence-electron chi connectivity index (χ3n) is 5.15. The van der Waals surface area contributed by atoms with Crippen molar-refractivity contribution >= 4 is 49.3 Å². The molecular weight excluding hydrogens is 506 g/mol. The number of nitrogens with one attached hydrogen (secondary N) is 3. The number of hydrogen-bond donors (Lipinski definition) is 4. The monoisotopic (exact) mass is 527 g/mol. The molecule has 3 aromatic rings. The molecule has 0 radical (unpaired) electrons. The van der Waals surface area contributed by atoms with Crippen LogP contribution in [0.15, 0.2) is 82.2 Å². The summed E-state index contributed by atoms with van der Waals surface area (Å²) in [5.41, 5.74) is 3.29. The standard InChI is InChI=1S/C24H22BrN3O4S/c1-15-7-10-21(19(25)13-15)27-24(30)23(16-5-3-2-4-6-16)28-33(31,32)18-9-11-20-17(14-18)8-12-22(29)26-20/h2-14,22-23,26,28-29H,1H3,(H,27,30). The first-order valence-electron chi connectivity index (χ1n) is 10.1. The molecule has 1 heterocycles. The molecule has 1 amide bonds. The van der Waals surface area contributed by atoms with Crippen LogP contribution >= 0.6 is 15.9 Å². The van der Waals surface area contributed by atoms with Gasteiger partial charge in [-0.25, -0.2) is 8.42 Å². The maximum Gasteiger partial charge on any atom is 0.247 e. The van der Waals surface area contributed by atoms with Gasteiger partial charge in [0, 0.05) is 10.2 Å². The Morgan fingerprint density at radius 1 is 1.09 bits per heavy atom. The predicted octanol–water partition coefficient (Wildman–Crippen LogP) is 4.17. The van der Waals surface area contributed by atoms with E-state index < -0.39 is 28.2 Å². The van der Waals surface area contributed by atoms with Gasteiger partial charge in [0.1, 0.15) is 12.3 Å². The van der Waals surface area contributed by atoms with Crippen molar-refractivity contribution in [3.8, 4) is 0 Å². The lowest BCUT2D eigenvalue weighted by atomic mass is 10.1. The van der Waals surface area contributed by atoms with Crippen molar-refractivity contribution in [1.29, 1.82) is 0 Å². The van der Waals surface area contributed by atoms with Crippen molar-refractivity contribution in [2.24, 2.45) is 0 Å². The predicted molar refractivity (Wildman–Crippen MR) is 132 cm³/mol. The topological polar surface area (TPSA) is 108 Å². The third-order valence-corrected chi connectivity index (χ3v) is 7.22. The second-order valence-electron chi connectivity index (χ2n) is 7.63. The van der Waals surface area contributed by atoms with E-state index in [2.05, 4.69) is 31.3 Å². The van der Waals surface area contributed by atoms with Crippen LogP contribution in [0.25, 0.3) is 6.08 Å². The number of carbonyl (C=O) groups is 1. The smallest absolute Gasteiger partial charge is 0.247 e. The maximum atomic E-state index is 13.2. The van der Waals surface area contributed by atoms with Crippen molar-refractivity contribution in [3.05, 3.63) is 94.0 Å². The average Bonchev–Trinajstić information content (AvgIpc) is 2.79. The average molecular weight is 528 g/mol. The molecule has 0 bridgehead atoms. The van der Waals surface area contributed by atoms with Gasteiger partial charge in [0.25, 0.3) is 0 Å². The number of aliphatic hydroxyl groups excluding tert-OH is 1. The quantitative estimate of drug-likeness (QED) is 0.384. The lowest BCUT2D eigenvalue weighted by molar-refractivity contribution is -0.117. The number of sulfonamides is 1. The van der Waals surface area contributed by atoms with Gasteiger partial charge in [-0.15, -0.1) is 0 Å². The fourth-order valence-electron chi connectivity index (χ4n) is 3.45. The number of rotatable bonds is 6. The summed E-state index contributed by atoms with van der Waals surface area (Å²) in [6, 6.07) is 17.5. The van der Waals surface area contributed by atoms with Gasteiger partial charge in [-0.3, -0.25) is 4.79 Å². The summed E-state index contributed by atoms with van der Waals surface area (Å²) in [6.45, 7) is 1.93. The van der Waals surface area contributed by atoms with Gasteiger partial charge in [-0.05, 0) is 76.0 Å². The number of hydrogen-bond acceptors (Lipinski definition) is 5. The molecule has 3 aromatic carbocycles. The van der Waals surface area contributed by atoms with E-state index in [1.54, 1.807) is 48.5 Å². The Kier molecular flexibility index (Phi) is 6.66. The van der Waals surface area contributed by atoms with Crippen LogP contribution in [0.2, 0.25) is 0 Å². The van der Waals surface area contributed by atoms with Gasteiger partial charge in [0.05, 0.1) is 10.6 Å². The Morgan fingerprint density at radius 3 is 2.58 bits per heavy atom. The third kappa shape index (κ3) is 5.33. The lowest BCUT2D eigenvalue weighted by Crippen LogP contribution is -2.37. The molecule has 0 saturated heterocycles. The van der Waals surface area contributed by atoms with E-state index in [-0.39, 0.29) is 4.90 Å². The molecule has 1 aliphatic heterocycles. The molecular formula is C24H22BrN3O4S. The summed E-state index contributed by atoms with van der Waals surface area (Å²) >= 11 is 3.43. The number of amides is 1. The molecule has 0 spiro atoms. The van der Waals surface area contributed by atoms with E-state index >= 15 is 0 Å². The normalized spacial score (nSPS) is 15.9. The molecule has 2 atom stereocenters. The number of aryl methyl sites for hydroxylation is 1. The van der Waals surface area contributed by atoms with E-state index in [9.17, 15) is 18.3 Å². The second kappa shape index (κ2) is 9.48. The van der Waals surface area contributed by atoms with Crippen LogP contribution < -0.4 is 15.4 Å². The number of fused-ring (bicyclic) bond motifs is 1. The lowest BCUT2D eigenvalue weighted by Gasteiger charge is -2.21. The highest BCUT2D eigenvalue weighted by Crippen LogP contribution is 2.28. The molecule has 1 aliphatic rings. The van der Waals surface area contributed by atoms with E-state index in [0.717, 1.165) is 5.56 Å². The molecule has 2 unspecified atom stereocenters. The van der Waals surface area contributed by atoms with Crippen LogP contribution in [0.3, 0.4) is 0 Å². The Morgan fingerprint density at radius 2 is 1.85 bits per heavy atom. The maximum absolute atomic E-state index is 13.2. The Labute approximate surface area is 200 Å². The summed E-state index contributed by atoms with van der Waals surface area (Å²) < 4.78 is 29.7. The molecule has 4 N–H and O–H groups in total. The highest BCUT2D eigenvalue weighted by atomic mass is 79.9. The largest absolute Gasteiger partial charge is 0.370 e. The SMILES string of the molecule is Cc1ccc(NC(=O)C(NS(=O)(=O)c2ccc3c(c2)C=CC(O)N3)c2ccccc2)c(Br)c1. The summed E-state index contributed by atoms with van der Waals surface area (Å²) in [7, 11) is -4.06. The molecule has 7 nitrogen and oxygen atoms in total. The fraction of sp³-hybridized carbons (Fsp3) is 0.125. The molecule has 9 heteroatoms. The van der Waals surface area contributed by atoms with Crippen molar-refractivity contribution in [2.75, 3.05) is 10.6 Å². The zero-order valence-corrected chi connectivity index (χ0v) is 20.0. The summed E-state index contributed by atoms with van der Waals surface area (Å²) in [5.74, 6) is -0.517. The number of carbonyl (C=O) groups excluding carboxylic acids is 1. The fourth-order valence-corrected chi connectivity index (χ4v) is 5.26. The zero-order chi connectivity index (χ0) is 23.6. The highest BCUT2D eigenvalue weighted by Gasteiger charge is 2.28. The van der Waals surface area contributed by atoms with Crippen molar-refractivity contribution < 1.29 is 18.3 Å². The first kappa shape index (κ1) is 23.2. The van der Waals surface area contributed by atoms with Crippen molar-refractivity contribution in [2.45, 2.75) is 24.1 Å². The van der Waals surface area contributed by atoms with E-state index in [4.69, 9.17) is 0 Å². The minimum Gasteiger partial charge on any atom is -0.370 e. The number of anilines is 2. The minimum atomic E-state index is -4.06. The Hall–Kier alpha value is -2.98. The van der Waals surface area contributed by atoms with Gasteiger partial charge < -0.3 is 15.7 Å². The molecule has 170 valence electrons. The Balaban J connectivity index is 1.64. The summed E-state index contributed by atoms with van der Waals surface area (Å²) in [6.07, 6.45) is 2.34. The second-order valence-corrected chi connectivity index (χ2v) is 10.2. The van der Waals surface area contributed by atoms with Crippen LogP contribution in [-0.4, -0.2) is 25.7 Å². The first-order chi connectivity index (χ1) is 15.7. The number of halogens is 1. The summed E-state index contributed by atoms with van der Waals surface area (Å²) in [5, 5.41) is 15.3. The van der Waals surface area contributed by atoms with Gasteiger partial charge in [-0.2, -0.15) is 4.72 Å². The van der Waals surface area contributed by atoms with Crippen molar-refractivity contribution in [3.63, 3.8) is 0 Å². The van der Waals surface area contributed by atoms with Crippen LogP contribution in [0, 0.1) is 6.92 Å². The van der Waals surface area contributed by atoms with Gasteiger partial charge in [0.2, 0.25) is 15.9 Å². The Bertz CT molecular complexity index is 1330. The molecule has 0 saturated carbocycles. The molecule has 4 rings (SSSR count). The van der Waals surface area contributed by atoms with Gasteiger partial charge in [-0.1, -0.05) is 42.5 Å². The van der Waals surface area contributed by atoms with E-state index in [0.29, 0.717) is 27.0 Å². The summed E-state index contributed by atoms with van der Waals surface area (Å²) in [4.78, 5) is 13.2. The van der Waals surface area contributed by atoms with E-state index in [1.165, 1.54) is 18.2 Å². The molecule has 0 aliphatic carbocycles. The number of aliphatic hydroxyl groups is 1. The van der Waals surface area contributed by atoms with Crippen molar-refractivity contribution in [1.82, 2.24) is 4.72 Å². The van der Waals surface area contributed by atoms with E-state index in [1.807, 2.05) is 19.1 Å². The zero-order valence-electron chi connectivity index (χ0n) is 17.6. The first-order valence-corrected chi connectivity index (χ1v) is 12.4. The van der Waals surface area contributed by atoms with Gasteiger partial charge in [0.15, 0.2) is 0 Å². The minimum absolute atomic E-state index is 0.00865. The molecule has 0 aromatic heterocycles.